The second-order valence-corrected chi connectivity index (χ2v) is 4.83. The van der Waals surface area contributed by atoms with Crippen molar-refractivity contribution in [3.8, 4) is 0 Å². The third-order valence-corrected chi connectivity index (χ3v) is 3.63. The van der Waals surface area contributed by atoms with E-state index in [0.29, 0.717) is 30.0 Å². The van der Waals surface area contributed by atoms with Crippen molar-refractivity contribution >= 4 is 11.9 Å². The van der Waals surface area contributed by atoms with E-state index in [1.54, 1.807) is 25.9 Å². The van der Waals surface area contributed by atoms with E-state index in [0.717, 1.165) is 6.42 Å². The molecule has 0 bridgehead atoms. The maximum absolute atomic E-state index is 12.4. The number of nitrogens with zero attached hydrogens (tertiary/aromatic N) is 1. The summed E-state index contributed by atoms with van der Waals surface area (Å²) in [5, 5.41) is 9.12. The number of rotatable bonds is 3. The first kappa shape index (κ1) is 13.6. The fourth-order valence-electron chi connectivity index (χ4n) is 2.55. The minimum absolute atomic E-state index is 0.0688. The summed E-state index contributed by atoms with van der Waals surface area (Å²) in [5.74, 6) is -1.17. The van der Waals surface area contributed by atoms with Crippen molar-refractivity contribution in [1.82, 2.24) is 9.88 Å². The summed E-state index contributed by atoms with van der Waals surface area (Å²) in [6, 6.07) is 0. The number of methoxy groups -OCH3 is 1. The molecule has 0 aromatic carbocycles. The summed E-state index contributed by atoms with van der Waals surface area (Å²) in [6.45, 7) is 4.51. The molecule has 104 valence electrons. The lowest BCUT2D eigenvalue weighted by molar-refractivity contribution is 0.0695. The van der Waals surface area contributed by atoms with E-state index in [9.17, 15) is 9.59 Å². The van der Waals surface area contributed by atoms with Crippen LogP contribution in [0.3, 0.4) is 0 Å². The van der Waals surface area contributed by atoms with Crippen LogP contribution in [0.1, 0.15) is 38.5 Å². The van der Waals surface area contributed by atoms with Gasteiger partial charge < -0.3 is 19.7 Å². The van der Waals surface area contributed by atoms with Gasteiger partial charge in [-0.1, -0.05) is 0 Å². The van der Waals surface area contributed by atoms with Crippen molar-refractivity contribution in [1.29, 1.82) is 0 Å². The fourth-order valence-corrected chi connectivity index (χ4v) is 2.55. The SMILES string of the molecule is CO[C@@H]1CCN(C(=O)c2[nH]c(C)c(C(=O)O)c2C)C1. The molecular weight excluding hydrogens is 248 g/mol. The maximum Gasteiger partial charge on any atom is 0.337 e. The van der Waals surface area contributed by atoms with Crippen LogP contribution in [0.2, 0.25) is 0 Å². The molecule has 1 saturated heterocycles. The molecule has 1 aromatic rings. The van der Waals surface area contributed by atoms with Crippen molar-refractivity contribution < 1.29 is 19.4 Å². The van der Waals surface area contributed by atoms with Gasteiger partial charge in [-0.3, -0.25) is 4.79 Å². The number of carboxylic acid groups (broad SMARTS) is 1. The molecule has 1 amide bonds. The van der Waals surface area contributed by atoms with Crippen LogP contribution in [-0.2, 0) is 4.74 Å². The highest BCUT2D eigenvalue weighted by Crippen LogP contribution is 2.21. The number of hydrogen-bond acceptors (Lipinski definition) is 3. The first-order valence-corrected chi connectivity index (χ1v) is 6.20. The van der Waals surface area contributed by atoms with Crippen molar-refractivity contribution in [2.45, 2.75) is 26.4 Å². The Labute approximate surface area is 111 Å². The van der Waals surface area contributed by atoms with Crippen LogP contribution >= 0.6 is 0 Å². The first-order valence-electron chi connectivity index (χ1n) is 6.20. The van der Waals surface area contributed by atoms with Gasteiger partial charge in [0.25, 0.3) is 5.91 Å². The van der Waals surface area contributed by atoms with Crippen molar-refractivity contribution in [3.05, 3.63) is 22.5 Å². The van der Waals surface area contributed by atoms with Gasteiger partial charge in [0.1, 0.15) is 5.69 Å². The highest BCUT2D eigenvalue weighted by molar-refractivity contribution is 6.00. The second kappa shape index (κ2) is 5.05. The van der Waals surface area contributed by atoms with Crippen LogP contribution < -0.4 is 0 Å². The molecule has 0 saturated carbocycles. The van der Waals surface area contributed by atoms with E-state index >= 15 is 0 Å². The van der Waals surface area contributed by atoms with Crippen LogP contribution in [0, 0.1) is 13.8 Å². The number of aromatic carboxylic acids is 1. The average Bonchev–Trinajstić information content (AvgIpc) is 2.93. The number of aryl methyl sites for hydroxylation is 1. The highest BCUT2D eigenvalue weighted by atomic mass is 16.5. The normalized spacial score (nSPS) is 18.9. The van der Waals surface area contributed by atoms with Gasteiger partial charge in [-0.15, -0.1) is 0 Å². The number of likely N-dealkylation sites (tertiary alicyclic amines) is 1. The predicted octanol–water partition coefficient (Wildman–Crippen LogP) is 1.19. The summed E-state index contributed by atoms with van der Waals surface area (Å²) in [7, 11) is 1.63. The second-order valence-electron chi connectivity index (χ2n) is 4.83. The van der Waals surface area contributed by atoms with Gasteiger partial charge in [0.15, 0.2) is 0 Å². The van der Waals surface area contributed by atoms with Crippen LogP contribution in [-0.4, -0.2) is 53.2 Å². The molecule has 1 aliphatic heterocycles. The largest absolute Gasteiger partial charge is 0.478 e. The molecule has 0 radical (unpaired) electrons. The highest BCUT2D eigenvalue weighted by Gasteiger charge is 2.30. The van der Waals surface area contributed by atoms with Gasteiger partial charge in [-0.2, -0.15) is 0 Å². The molecule has 1 fully saturated rings. The van der Waals surface area contributed by atoms with Crippen LogP contribution in [0.4, 0.5) is 0 Å². The topological polar surface area (TPSA) is 82.6 Å². The minimum atomic E-state index is -1.01. The molecule has 2 N–H and O–H groups in total. The Balaban J connectivity index is 2.26. The average molecular weight is 266 g/mol. The number of ether oxygens (including phenoxy) is 1. The van der Waals surface area contributed by atoms with E-state index in [-0.39, 0.29) is 17.6 Å². The van der Waals surface area contributed by atoms with Gasteiger partial charge >= 0.3 is 5.97 Å². The zero-order valence-corrected chi connectivity index (χ0v) is 11.3. The number of aromatic nitrogens is 1. The lowest BCUT2D eigenvalue weighted by Gasteiger charge is -2.15. The third kappa shape index (κ3) is 2.35. The molecule has 19 heavy (non-hydrogen) atoms. The van der Waals surface area contributed by atoms with Crippen molar-refractivity contribution in [3.63, 3.8) is 0 Å². The van der Waals surface area contributed by atoms with E-state index in [1.807, 2.05) is 0 Å². The van der Waals surface area contributed by atoms with Crippen molar-refractivity contribution in [2.75, 3.05) is 20.2 Å². The monoisotopic (exact) mass is 266 g/mol. The summed E-state index contributed by atoms with van der Waals surface area (Å²) in [6.07, 6.45) is 0.881. The van der Waals surface area contributed by atoms with E-state index in [1.165, 1.54) is 0 Å². The lowest BCUT2D eigenvalue weighted by atomic mass is 10.1. The number of amides is 1. The number of aromatic amines is 1. The Morgan fingerprint density at radius 1 is 1.42 bits per heavy atom. The molecule has 6 nitrogen and oxygen atoms in total. The Morgan fingerprint density at radius 2 is 2.11 bits per heavy atom. The number of hydrogen-bond donors (Lipinski definition) is 2. The first-order chi connectivity index (χ1) is 8.95. The van der Waals surface area contributed by atoms with Gasteiger partial charge in [0.2, 0.25) is 0 Å². The fraction of sp³-hybridized carbons (Fsp3) is 0.538. The third-order valence-electron chi connectivity index (χ3n) is 3.63. The molecule has 0 unspecified atom stereocenters. The van der Waals surface area contributed by atoms with Gasteiger partial charge in [0, 0.05) is 25.9 Å². The Morgan fingerprint density at radius 3 is 2.58 bits per heavy atom. The summed E-state index contributed by atoms with van der Waals surface area (Å²) >= 11 is 0. The minimum Gasteiger partial charge on any atom is -0.478 e. The van der Waals surface area contributed by atoms with E-state index in [2.05, 4.69) is 4.98 Å². The van der Waals surface area contributed by atoms with Gasteiger partial charge in [-0.05, 0) is 25.8 Å². The van der Waals surface area contributed by atoms with Crippen LogP contribution in [0.15, 0.2) is 0 Å². The zero-order chi connectivity index (χ0) is 14.2. The molecule has 0 aliphatic carbocycles. The molecular formula is C13H18N2O4. The van der Waals surface area contributed by atoms with E-state index in [4.69, 9.17) is 9.84 Å². The zero-order valence-electron chi connectivity index (χ0n) is 11.3. The Bertz CT molecular complexity index is 521. The standard InChI is InChI=1S/C13H18N2O4/c1-7-10(13(17)18)8(2)14-11(7)12(16)15-5-4-9(6-15)19-3/h9,14H,4-6H2,1-3H3,(H,17,18)/t9-/m1/s1. The summed E-state index contributed by atoms with van der Waals surface area (Å²) in [5.41, 5.74) is 1.56. The lowest BCUT2D eigenvalue weighted by Crippen LogP contribution is -2.30. The number of H-pyrrole nitrogens is 1. The van der Waals surface area contributed by atoms with Crippen molar-refractivity contribution in [2.24, 2.45) is 0 Å². The number of carbonyl (C=O) groups excluding carboxylic acids is 1. The molecule has 1 aliphatic rings. The number of nitrogens with one attached hydrogen (secondary N) is 1. The predicted molar refractivity (Wildman–Crippen MR) is 68.5 cm³/mol. The quantitative estimate of drug-likeness (QED) is 0.861. The molecule has 6 heteroatoms. The molecule has 2 rings (SSSR count). The van der Waals surface area contributed by atoms with Crippen LogP contribution in [0.25, 0.3) is 0 Å². The van der Waals surface area contributed by atoms with Gasteiger partial charge in [0.05, 0.1) is 11.7 Å². The molecule has 1 atom stereocenters. The van der Waals surface area contributed by atoms with Gasteiger partial charge in [-0.25, -0.2) is 4.79 Å². The molecule has 0 spiro atoms. The summed E-state index contributed by atoms with van der Waals surface area (Å²) in [4.78, 5) is 28.1. The van der Waals surface area contributed by atoms with E-state index < -0.39 is 5.97 Å². The number of carbonyl (C=O) groups is 2. The number of carboxylic acids is 1. The smallest absolute Gasteiger partial charge is 0.337 e. The Hall–Kier alpha value is -1.82. The summed E-state index contributed by atoms with van der Waals surface area (Å²) < 4.78 is 5.23. The maximum atomic E-state index is 12.4. The Kier molecular flexibility index (Phi) is 3.61. The van der Waals surface area contributed by atoms with Crippen LogP contribution in [0.5, 0.6) is 0 Å². The molecule has 1 aromatic heterocycles. The molecule has 2 heterocycles.